The fourth-order valence-electron chi connectivity index (χ4n) is 2.85. The van der Waals surface area contributed by atoms with Gasteiger partial charge in [-0.1, -0.05) is 24.3 Å². The number of hydrogen-bond donors (Lipinski definition) is 3. The van der Waals surface area contributed by atoms with Crippen LogP contribution in [-0.4, -0.2) is 32.4 Å². The highest BCUT2D eigenvalue weighted by Crippen LogP contribution is 2.13. The monoisotopic (exact) mass is 329 g/mol. The van der Waals surface area contributed by atoms with Gasteiger partial charge in [-0.25, -0.2) is 4.79 Å². The molecule has 0 unspecified atom stereocenters. The molecule has 3 rings (SSSR count). The Balaban J connectivity index is 1.40. The molecule has 0 saturated carbocycles. The van der Waals surface area contributed by atoms with Gasteiger partial charge in [-0.3, -0.25) is 0 Å². The van der Waals surface area contributed by atoms with E-state index < -0.39 is 0 Å². The SMILES string of the molecule is O=C(NCCc1ccc(CO)cc1)NCc1nnc2n1CCCC2. The van der Waals surface area contributed by atoms with Crippen LogP contribution in [0.3, 0.4) is 0 Å². The topological polar surface area (TPSA) is 92.1 Å². The molecule has 0 fully saturated rings. The zero-order chi connectivity index (χ0) is 16.8. The smallest absolute Gasteiger partial charge is 0.315 e. The Labute approximate surface area is 141 Å². The largest absolute Gasteiger partial charge is 0.392 e. The number of fused-ring (bicyclic) bond motifs is 1. The van der Waals surface area contributed by atoms with Crippen LogP contribution in [0.25, 0.3) is 0 Å². The van der Waals surface area contributed by atoms with Gasteiger partial charge in [-0.2, -0.15) is 0 Å². The van der Waals surface area contributed by atoms with Crippen LogP contribution in [0.5, 0.6) is 0 Å². The molecule has 1 aliphatic heterocycles. The van der Waals surface area contributed by atoms with E-state index in [-0.39, 0.29) is 12.6 Å². The van der Waals surface area contributed by atoms with E-state index in [9.17, 15) is 4.79 Å². The van der Waals surface area contributed by atoms with Crippen molar-refractivity contribution in [1.29, 1.82) is 0 Å². The molecular formula is C17H23N5O2. The lowest BCUT2D eigenvalue weighted by Crippen LogP contribution is -2.36. The number of aliphatic hydroxyl groups excluding tert-OH is 1. The fraction of sp³-hybridized carbons (Fsp3) is 0.471. The quantitative estimate of drug-likeness (QED) is 0.741. The van der Waals surface area contributed by atoms with Crippen LogP contribution in [0.15, 0.2) is 24.3 Å². The summed E-state index contributed by atoms with van der Waals surface area (Å²) >= 11 is 0. The molecule has 0 saturated heterocycles. The second-order valence-corrected chi connectivity index (χ2v) is 5.98. The number of aromatic nitrogens is 3. The number of rotatable bonds is 6. The van der Waals surface area contributed by atoms with Crippen molar-refractivity contribution in [2.75, 3.05) is 6.54 Å². The molecule has 7 nitrogen and oxygen atoms in total. The van der Waals surface area contributed by atoms with Gasteiger partial charge in [0.1, 0.15) is 5.82 Å². The molecule has 3 N–H and O–H groups in total. The van der Waals surface area contributed by atoms with Gasteiger partial charge in [-0.05, 0) is 30.4 Å². The Morgan fingerprint density at radius 3 is 2.71 bits per heavy atom. The molecule has 1 aliphatic rings. The highest BCUT2D eigenvalue weighted by atomic mass is 16.3. The molecular weight excluding hydrogens is 306 g/mol. The first-order valence-corrected chi connectivity index (χ1v) is 8.37. The van der Waals surface area contributed by atoms with Crippen LogP contribution in [0, 0.1) is 0 Å². The summed E-state index contributed by atoms with van der Waals surface area (Å²) in [5.74, 6) is 1.84. The summed E-state index contributed by atoms with van der Waals surface area (Å²) in [5.41, 5.74) is 2.01. The number of carbonyl (C=O) groups is 1. The Morgan fingerprint density at radius 1 is 1.12 bits per heavy atom. The summed E-state index contributed by atoms with van der Waals surface area (Å²) in [6.07, 6.45) is 4.01. The molecule has 2 amide bonds. The van der Waals surface area contributed by atoms with Crippen LogP contribution in [0.4, 0.5) is 4.79 Å². The van der Waals surface area contributed by atoms with E-state index in [2.05, 4.69) is 25.4 Å². The molecule has 1 aromatic heterocycles. The number of aryl methyl sites for hydroxylation is 1. The van der Waals surface area contributed by atoms with Crippen LogP contribution < -0.4 is 10.6 Å². The molecule has 0 bridgehead atoms. The number of aliphatic hydroxyl groups is 1. The number of carbonyl (C=O) groups excluding carboxylic acids is 1. The molecule has 2 heterocycles. The maximum atomic E-state index is 11.9. The number of benzene rings is 1. The van der Waals surface area contributed by atoms with Crippen molar-refractivity contribution in [2.45, 2.75) is 45.4 Å². The van der Waals surface area contributed by atoms with E-state index in [1.165, 1.54) is 0 Å². The highest BCUT2D eigenvalue weighted by molar-refractivity contribution is 5.73. The summed E-state index contributed by atoms with van der Waals surface area (Å²) in [7, 11) is 0. The van der Waals surface area contributed by atoms with Crippen molar-refractivity contribution >= 4 is 6.03 Å². The van der Waals surface area contributed by atoms with E-state index in [0.29, 0.717) is 13.1 Å². The van der Waals surface area contributed by atoms with Crippen molar-refractivity contribution < 1.29 is 9.90 Å². The van der Waals surface area contributed by atoms with E-state index >= 15 is 0 Å². The number of hydrogen-bond acceptors (Lipinski definition) is 4. The van der Waals surface area contributed by atoms with Crippen molar-refractivity contribution in [3.8, 4) is 0 Å². The Hall–Kier alpha value is -2.41. The molecule has 7 heteroatoms. The van der Waals surface area contributed by atoms with Gasteiger partial charge in [0, 0.05) is 19.5 Å². The van der Waals surface area contributed by atoms with Crippen LogP contribution in [0.1, 0.15) is 35.6 Å². The third-order valence-corrected chi connectivity index (χ3v) is 4.25. The minimum absolute atomic E-state index is 0.0489. The Bertz CT molecular complexity index is 681. The normalized spacial score (nSPS) is 13.4. The molecule has 0 aliphatic carbocycles. The summed E-state index contributed by atoms with van der Waals surface area (Å²) in [6, 6.07) is 7.52. The van der Waals surface area contributed by atoms with E-state index in [0.717, 1.165) is 55.0 Å². The zero-order valence-corrected chi connectivity index (χ0v) is 13.7. The molecule has 0 atom stereocenters. The maximum absolute atomic E-state index is 11.9. The van der Waals surface area contributed by atoms with Crippen molar-refractivity contribution in [3.05, 3.63) is 47.0 Å². The van der Waals surface area contributed by atoms with E-state index in [1.54, 1.807) is 0 Å². The van der Waals surface area contributed by atoms with Gasteiger partial charge in [0.2, 0.25) is 0 Å². The predicted octanol–water partition coefficient (Wildman–Crippen LogP) is 1.15. The molecule has 1 aromatic carbocycles. The number of nitrogens with zero attached hydrogens (tertiary/aromatic N) is 3. The number of amides is 2. The van der Waals surface area contributed by atoms with Gasteiger partial charge in [0.05, 0.1) is 13.2 Å². The van der Waals surface area contributed by atoms with Gasteiger partial charge < -0.3 is 20.3 Å². The van der Waals surface area contributed by atoms with E-state index in [4.69, 9.17) is 5.11 Å². The van der Waals surface area contributed by atoms with Crippen molar-refractivity contribution in [2.24, 2.45) is 0 Å². The molecule has 0 spiro atoms. The summed E-state index contributed by atoms with van der Waals surface area (Å²) in [4.78, 5) is 11.9. The first kappa shape index (κ1) is 16.4. The average Bonchev–Trinajstić information content (AvgIpc) is 3.04. The lowest BCUT2D eigenvalue weighted by Gasteiger charge is -2.15. The molecule has 128 valence electrons. The third-order valence-electron chi connectivity index (χ3n) is 4.25. The number of urea groups is 1. The lowest BCUT2D eigenvalue weighted by atomic mass is 10.1. The Morgan fingerprint density at radius 2 is 1.92 bits per heavy atom. The van der Waals surface area contributed by atoms with E-state index in [1.807, 2.05) is 24.3 Å². The standard InChI is InChI=1S/C17H23N5O2/c23-12-14-6-4-13(5-7-14)8-9-18-17(24)19-11-16-21-20-15-3-1-2-10-22(15)16/h4-7,23H,1-3,8-12H2,(H2,18,19,24). The molecule has 2 aromatic rings. The summed E-state index contributed by atoms with van der Waals surface area (Å²) in [5, 5.41) is 23.0. The van der Waals surface area contributed by atoms with Crippen LogP contribution in [-0.2, 0) is 32.5 Å². The first-order chi connectivity index (χ1) is 11.8. The maximum Gasteiger partial charge on any atom is 0.315 e. The van der Waals surface area contributed by atoms with Crippen LogP contribution >= 0.6 is 0 Å². The molecule has 24 heavy (non-hydrogen) atoms. The summed E-state index contributed by atoms with van der Waals surface area (Å²) in [6.45, 7) is 1.93. The van der Waals surface area contributed by atoms with Crippen LogP contribution in [0.2, 0.25) is 0 Å². The highest BCUT2D eigenvalue weighted by Gasteiger charge is 2.15. The summed E-state index contributed by atoms with van der Waals surface area (Å²) < 4.78 is 2.10. The minimum Gasteiger partial charge on any atom is -0.392 e. The average molecular weight is 329 g/mol. The van der Waals surface area contributed by atoms with Gasteiger partial charge in [0.25, 0.3) is 0 Å². The van der Waals surface area contributed by atoms with Gasteiger partial charge in [-0.15, -0.1) is 10.2 Å². The van der Waals surface area contributed by atoms with Gasteiger partial charge >= 0.3 is 6.03 Å². The van der Waals surface area contributed by atoms with Crippen molar-refractivity contribution in [1.82, 2.24) is 25.4 Å². The van der Waals surface area contributed by atoms with Gasteiger partial charge in [0.15, 0.2) is 5.82 Å². The first-order valence-electron chi connectivity index (χ1n) is 8.37. The third kappa shape index (κ3) is 4.11. The zero-order valence-electron chi connectivity index (χ0n) is 13.7. The fourth-order valence-corrected chi connectivity index (χ4v) is 2.85. The lowest BCUT2D eigenvalue weighted by molar-refractivity contribution is 0.240. The second-order valence-electron chi connectivity index (χ2n) is 5.98. The minimum atomic E-state index is -0.199. The molecule has 0 radical (unpaired) electrons. The number of nitrogens with one attached hydrogen (secondary N) is 2. The van der Waals surface area contributed by atoms with Crippen molar-refractivity contribution in [3.63, 3.8) is 0 Å². The second kappa shape index (κ2) is 7.92. The Kier molecular flexibility index (Phi) is 5.43. The predicted molar refractivity (Wildman–Crippen MR) is 89.3 cm³/mol.